The Labute approximate surface area is 191 Å². The molecule has 4 rings (SSSR count). The third-order valence-electron chi connectivity index (χ3n) is 5.15. The van der Waals surface area contributed by atoms with E-state index in [4.69, 9.17) is 0 Å². The lowest BCUT2D eigenvalue weighted by atomic mass is 10.2. The van der Waals surface area contributed by atoms with Gasteiger partial charge in [0.25, 0.3) is 10.0 Å². The van der Waals surface area contributed by atoms with Gasteiger partial charge in [0, 0.05) is 31.8 Å². The summed E-state index contributed by atoms with van der Waals surface area (Å²) in [5.74, 6) is 0.212. The Kier molecular flexibility index (Phi) is 6.66. The molecule has 7 nitrogen and oxygen atoms in total. The molecule has 2 aromatic carbocycles. The SMILES string of the molecule is CN1CCCCC/C1=N/S(=O)(=O)c1cccc(NC(=O)/C=C/c2nc3ccccc3s2)c1. The Hall–Kier alpha value is -3.04. The summed E-state index contributed by atoms with van der Waals surface area (Å²) in [4.78, 5) is 18.8. The minimum absolute atomic E-state index is 0.0515. The van der Waals surface area contributed by atoms with E-state index in [-0.39, 0.29) is 10.8 Å². The molecule has 1 aliphatic rings. The fourth-order valence-corrected chi connectivity index (χ4v) is 5.47. The van der Waals surface area contributed by atoms with Gasteiger partial charge < -0.3 is 10.2 Å². The number of thiazole rings is 1. The van der Waals surface area contributed by atoms with Crippen LogP contribution >= 0.6 is 11.3 Å². The number of nitrogens with zero attached hydrogens (tertiary/aromatic N) is 3. The zero-order valence-electron chi connectivity index (χ0n) is 17.7. The number of carbonyl (C=O) groups excluding carboxylic acids is 1. The highest BCUT2D eigenvalue weighted by Gasteiger charge is 2.18. The van der Waals surface area contributed by atoms with E-state index in [1.54, 1.807) is 18.2 Å². The van der Waals surface area contributed by atoms with Crippen molar-refractivity contribution in [1.82, 2.24) is 9.88 Å². The van der Waals surface area contributed by atoms with E-state index in [1.165, 1.54) is 29.5 Å². The van der Waals surface area contributed by atoms with Gasteiger partial charge in [-0.2, -0.15) is 8.42 Å². The van der Waals surface area contributed by atoms with Crippen molar-refractivity contribution in [2.75, 3.05) is 18.9 Å². The van der Waals surface area contributed by atoms with Crippen molar-refractivity contribution in [3.05, 3.63) is 59.6 Å². The Balaban J connectivity index is 1.47. The number of rotatable bonds is 5. The summed E-state index contributed by atoms with van der Waals surface area (Å²) in [6, 6.07) is 13.9. The first-order valence-electron chi connectivity index (χ1n) is 10.4. The van der Waals surface area contributed by atoms with Crippen LogP contribution in [0.2, 0.25) is 0 Å². The monoisotopic (exact) mass is 468 g/mol. The molecule has 2 heterocycles. The summed E-state index contributed by atoms with van der Waals surface area (Å²) in [5.41, 5.74) is 1.27. The Morgan fingerprint density at radius 1 is 1.16 bits per heavy atom. The van der Waals surface area contributed by atoms with Crippen molar-refractivity contribution < 1.29 is 13.2 Å². The molecular formula is C23H24N4O3S2. The van der Waals surface area contributed by atoms with Gasteiger partial charge in [-0.1, -0.05) is 24.6 Å². The molecule has 0 atom stereocenters. The normalized spacial score (nSPS) is 16.5. The third kappa shape index (κ3) is 5.41. The lowest BCUT2D eigenvalue weighted by Gasteiger charge is -2.17. The second-order valence-corrected chi connectivity index (χ2v) is 10.3. The van der Waals surface area contributed by atoms with Gasteiger partial charge in [-0.25, -0.2) is 4.98 Å². The number of carbonyl (C=O) groups is 1. The molecule has 0 aliphatic carbocycles. The number of para-hydroxylation sites is 1. The predicted octanol–water partition coefficient (Wildman–Crippen LogP) is 4.54. The molecule has 1 saturated heterocycles. The third-order valence-corrected chi connectivity index (χ3v) is 7.45. The minimum atomic E-state index is -3.87. The molecular weight excluding hydrogens is 444 g/mol. The summed E-state index contributed by atoms with van der Waals surface area (Å²) in [6.07, 6.45) is 6.70. The summed E-state index contributed by atoms with van der Waals surface area (Å²) in [6.45, 7) is 0.797. The molecule has 1 fully saturated rings. The predicted molar refractivity (Wildman–Crippen MR) is 129 cm³/mol. The van der Waals surface area contributed by atoms with Gasteiger partial charge >= 0.3 is 0 Å². The van der Waals surface area contributed by atoms with Gasteiger partial charge in [-0.15, -0.1) is 15.7 Å². The molecule has 0 radical (unpaired) electrons. The molecule has 0 bridgehead atoms. The molecule has 166 valence electrons. The fraction of sp³-hybridized carbons (Fsp3) is 0.261. The lowest BCUT2D eigenvalue weighted by molar-refractivity contribution is -0.111. The van der Waals surface area contributed by atoms with Gasteiger partial charge in [0.1, 0.15) is 10.8 Å². The zero-order chi connectivity index (χ0) is 22.6. The van der Waals surface area contributed by atoms with Crippen molar-refractivity contribution in [3.8, 4) is 0 Å². The van der Waals surface area contributed by atoms with Crippen LogP contribution in [0, 0.1) is 0 Å². The van der Waals surface area contributed by atoms with Crippen molar-refractivity contribution in [2.45, 2.75) is 30.6 Å². The molecule has 3 aromatic rings. The Morgan fingerprint density at radius 3 is 2.84 bits per heavy atom. The van der Waals surface area contributed by atoms with Crippen molar-refractivity contribution in [2.24, 2.45) is 4.40 Å². The number of aromatic nitrogens is 1. The van der Waals surface area contributed by atoms with E-state index < -0.39 is 10.0 Å². The molecule has 9 heteroatoms. The Morgan fingerprint density at radius 2 is 2.00 bits per heavy atom. The number of likely N-dealkylation sites (tertiary alicyclic amines) is 1. The first-order valence-corrected chi connectivity index (χ1v) is 12.7. The van der Waals surface area contributed by atoms with E-state index in [9.17, 15) is 13.2 Å². The standard InChI is InChI=1S/C23H24N4O3S2/c1-27-15-6-2-3-12-21(27)26-32(29,30)18-9-7-8-17(16-18)24-22(28)13-14-23-25-19-10-4-5-11-20(19)31-23/h4-5,7-11,13-14,16H,2-3,6,12,15H2,1H3,(H,24,28)/b14-13+,26-21-. The van der Waals surface area contributed by atoms with Crippen LogP contribution in [-0.2, 0) is 14.8 Å². The van der Waals surface area contributed by atoms with Crippen LogP contribution in [0.3, 0.4) is 0 Å². The van der Waals surface area contributed by atoms with Gasteiger partial charge in [0.2, 0.25) is 5.91 Å². The maximum absolute atomic E-state index is 12.8. The first kappa shape index (κ1) is 22.2. The van der Waals surface area contributed by atoms with E-state index in [2.05, 4.69) is 14.7 Å². The van der Waals surface area contributed by atoms with Crippen molar-refractivity contribution in [1.29, 1.82) is 0 Å². The number of hydrogen-bond acceptors (Lipinski definition) is 5. The number of benzene rings is 2. The van der Waals surface area contributed by atoms with Gasteiger partial charge in [-0.05, 0) is 49.2 Å². The number of anilines is 1. The molecule has 1 amide bonds. The molecule has 32 heavy (non-hydrogen) atoms. The summed E-state index contributed by atoms with van der Waals surface area (Å²) >= 11 is 1.49. The highest BCUT2D eigenvalue weighted by atomic mass is 32.2. The number of hydrogen-bond donors (Lipinski definition) is 1. The van der Waals surface area contributed by atoms with Gasteiger partial charge in [-0.3, -0.25) is 4.79 Å². The van der Waals surface area contributed by atoms with E-state index in [0.717, 1.165) is 41.0 Å². The van der Waals surface area contributed by atoms with E-state index in [1.807, 2.05) is 36.2 Å². The van der Waals surface area contributed by atoms with Crippen molar-refractivity contribution in [3.63, 3.8) is 0 Å². The summed E-state index contributed by atoms with van der Waals surface area (Å²) < 4.78 is 30.8. The average molecular weight is 469 g/mol. The average Bonchev–Trinajstić information content (AvgIpc) is 3.09. The summed E-state index contributed by atoms with van der Waals surface area (Å²) in [5, 5.41) is 3.43. The number of sulfonamides is 1. The van der Waals surface area contributed by atoms with Crippen LogP contribution < -0.4 is 5.32 Å². The minimum Gasteiger partial charge on any atom is -0.362 e. The second kappa shape index (κ2) is 9.62. The fourth-order valence-electron chi connectivity index (χ4n) is 3.46. The number of nitrogens with one attached hydrogen (secondary N) is 1. The number of fused-ring (bicyclic) bond motifs is 1. The Bertz CT molecular complexity index is 1260. The second-order valence-electron chi connectivity index (χ2n) is 7.59. The van der Waals surface area contributed by atoms with Gasteiger partial charge in [0.15, 0.2) is 0 Å². The first-order chi connectivity index (χ1) is 15.4. The molecule has 1 aromatic heterocycles. The smallest absolute Gasteiger partial charge is 0.284 e. The largest absolute Gasteiger partial charge is 0.362 e. The lowest BCUT2D eigenvalue weighted by Crippen LogP contribution is -2.26. The van der Waals surface area contributed by atoms with Crippen LogP contribution in [0.1, 0.15) is 30.7 Å². The molecule has 0 spiro atoms. The van der Waals surface area contributed by atoms with Gasteiger partial charge in [0.05, 0.1) is 15.1 Å². The van der Waals surface area contributed by atoms with Crippen LogP contribution in [0.4, 0.5) is 5.69 Å². The highest BCUT2D eigenvalue weighted by Crippen LogP contribution is 2.23. The molecule has 0 unspecified atom stereocenters. The number of amidine groups is 1. The highest BCUT2D eigenvalue weighted by molar-refractivity contribution is 7.90. The van der Waals surface area contributed by atoms with Crippen LogP contribution in [0.15, 0.2) is 63.9 Å². The maximum atomic E-state index is 12.8. The summed E-state index contributed by atoms with van der Waals surface area (Å²) in [7, 11) is -2.00. The molecule has 1 aliphatic heterocycles. The number of amides is 1. The zero-order valence-corrected chi connectivity index (χ0v) is 19.3. The van der Waals surface area contributed by atoms with E-state index >= 15 is 0 Å². The van der Waals surface area contributed by atoms with Crippen LogP contribution in [0.5, 0.6) is 0 Å². The topological polar surface area (TPSA) is 91.7 Å². The quantitative estimate of drug-likeness (QED) is 0.555. The molecule has 1 N–H and O–H groups in total. The molecule has 0 saturated carbocycles. The van der Waals surface area contributed by atoms with Crippen LogP contribution in [-0.4, -0.2) is 43.6 Å². The van der Waals surface area contributed by atoms with E-state index in [0.29, 0.717) is 17.9 Å². The van der Waals surface area contributed by atoms with Crippen molar-refractivity contribution >= 4 is 55.1 Å². The van der Waals surface area contributed by atoms with Crippen LogP contribution in [0.25, 0.3) is 16.3 Å². The maximum Gasteiger partial charge on any atom is 0.284 e.